The molecule has 5 unspecified atom stereocenters. The molecule has 2 saturated carbocycles. The zero-order valence-corrected chi connectivity index (χ0v) is 23.0. The summed E-state index contributed by atoms with van der Waals surface area (Å²) in [5.74, 6) is -0.892. The Morgan fingerprint density at radius 2 is 1.46 bits per heavy atom. The highest BCUT2D eigenvalue weighted by molar-refractivity contribution is 7.86. The Morgan fingerprint density at radius 3 is 1.91 bits per heavy atom. The van der Waals surface area contributed by atoms with Crippen LogP contribution in [0.15, 0.2) is 60.7 Å². The summed E-state index contributed by atoms with van der Waals surface area (Å²) in [5, 5.41) is 2.30. The minimum atomic E-state index is -3.68. The van der Waals surface area contributed by atoms with Gasteiger partial charge < -0.3 is 9.16 Å². The van der Waals surface area contributed by atoms with Gasteiger partial charge in [-0.2, -0.15) is 8.42 Å². The van der Waals surface area contributed by atoms with Gasteiger partial charge in [-0.25, -0.2) is 0 Å². The minimum Gasteiger partial charge on any atom is -0.469 e. The molecule has 2 aliphatic carbocycles. The van der Waals surface area contributed by atoms with Gasteiger partial charge in [0.2, 0.25) is 0 Å². The molecule has 0 radical (unpaired) electrons. The first-order chi connectivity index (χ1) is 16.5. The van der Waals surface area contributed by atoms with Gasteiger partial charge >= 0.3 is 5.97 Å². The summed E-state index contributed by atoms with van der Waals surface area (Å²) in [4.78, 5) is 12.7. The molecule has 0 saturated heterocycles. The van der Waals surface area contributed by atoms with Crippen LogP contribution in [0.4, 0.5) is 0 Å². The summed E-state index contributed by atoms with van der Waals surface area (Å²) < 4.78 is 41.4. The van der Waals surface area contributed by atoms with Crippen LogP contribution in [0.1, 0.15) is 40.0 Å². The lowest BCUT2D eigenvalue weighted by atomic mass is 9.91. The zero-order chi connectivity index (χ0) is 25.4. The molecule has 190 valence electrons. The third-order valence-corrected chi connectivity index (χ3v) is 13.3. The van der Waals surface area contributed by atoms with Crippen LogP contribution in [0.2, 0.25) is 5.04 Å². The van der Waals surface area contributed by atoms with Crippen molar-refractivity contribution in [3.8, 4) is 0 Å². The molecule has 0 amide bonds. The smallest absolute Gasteiger partial charge is 0.311 e. The predicted molar refractivity (Wildman–Crippen MR) is 139 cm³/mol. The fraction of sp³-hybridized carbons (Fsp3) is 0.519. The first-order valence-electron chi connectivity index (χ1n) is 12.2. The Hall–Kier alpha value is -2.00. The highest BCUT2D eigenvalue weighted by Gasteiger charge is 2.57. The lowest BCUT2D eigenvalue weighted by Gasteiger charge is -2.45. The van der Waals surface area contributed by atoms with Gasteiger partial charge in [0, 0.05) is 6.10 Å². The lowest BCUT2D eigenvalue weighted by molar-refractivity contribution is -0.149. The summed E-state index contributed by atoms with van der Waals surface area (Å²) in [6.07, 6.45) is 2.27. The summed E-state index contributed by atoms with van der Waals surface area (Å²) in [6.45, 7) is 6.76. The van der Waals surface area contributed by atoms with Crippen molar-refractivity contribution in [2.45, 2.75) is 57.3 Å². The number of hydrogen-bond acceptors (Lipinski definition) is 6. The van der Waals surface area contributed by atoms with E-state index < -0.39 is 36.4 Å². The molecule has 35 heavy (non-hydrogen) atoms. The molecule has 8 heteroatoms. The van der Waals surface area contributed by atoms with Crippen LogP contribution < -0.4 is 10.4 Å². The zero-order valence-electron chi connectivity index (χ0n) is 21.1. The van der Waals surface area contributed by atoms with Crippen molar-refractivity contribution in [2.75, 3.05) is 13.4 Å². The molecule has 0 spiro atoms. The third-order valence-electron chi connectivity index (χ3n) is 7.64. The maximum Gasteiger partial charge on any atom is 0.311 e. The van der Waals surface area contributed by atoms with Gasteiger partial charge in [0.25, 0.3) is 18.4 Å². The Balaban J connectivity index is 1.68. The fourth-order valence-electron chi connectivity index (χ4n) is 6.36. The molecule has 2 aliphatic rings. The van der Waals surface area contributed by atoms with Gasteiger partial charge in [-0.3, -0.25) is 8.98 Å². The third kappa shape index (κ3) is 5.12. The van der Waals surface area contributed by atoms with Gasteiger partial charge in [0.05, 0.1) is 25.4 Å². The number of carbonyl (C=O) groups excluding carboxylic acids is 1. The van der Waals surface area contributed by atoms with Crippen LogP contribution in [-0.4, -0.2) is 48.3 Å². The van der Waals surface area contributed by atoms with E-state index in [1.54, 1.807) is 0 Å². The topological polar surface area (TPSA) is 78.9 Å². The number of methoxy groups -OCH3 is 1. The molecule has 0 bridgehead atoms. The van der Waals surface area contributed by atoms with E-state index in [9.17, 15) is 13.2 Å². The Bertz CT molecular complexity index is 1090. The second-order valence-electron chi connectivity index (χ2n) is 10.9. The van der Waals surface area contributed by atoms with Crippen molar-refractivity contribution < 1.29 is 26.6 Å². The highest BCUT2D eigenvalue weighted by Crippen LogP contribution is 2.51. The number of fused-ring (bicyclic) bond motifs is 1. The van der Waals surface area contributed by atoms with Crippen LogP contribution in [0, 0.1) is 17.8 Å². The van der Waals surface area contributed by atoms with Crippen LogP contribution in [0.25, 0.3) is 0 Å². The van der Waals surface area contributed by atoms with E-state index >= 15 is 0 Å². The molecule has 4 rings (SSSR count). The average molecular weight is 517 g/mol. The number of benzene rings is 2. The van der Waals surface area contributed by atoms with Crippen molar-refractivity contribution in [3.63, 3.8) is 0 Å². The van der Waals surface area contributed by atoms with Gasteiger partial charge in [-0.05, 0) is 46.5 Å². The van der Waals surface area contributed by atoms with E-state index in [0.717, 1.165) is 12.7 Å². The van der Waals surface area contributed by atoms with E-state index in [0.29, 0.717) is 12.8 Å². The number of esters is 1. The maximum atomic E-state index is 12.7. The minimum absolute atomic E-state index is 0.0302. The van der Waals surface area contributed by atoms with Gasteiger partial charge in [-0.15, -0.1) is 0 Å². The molecule has 5 atom stereocenters. The van der Waals surface area contributed by atoms with Crippen molar-refractivity contribution in [2.24, 2.45) is 17.8 Å². The lowest BCUT2D eigenvalue weighted by Crippen LogP contribution is -2.67. The number of hydrogen-bond donors (Lipinski definition) is 0. The van der Waals surface area contributed by atoms with Crippen LogP contribution >= 0.6 is 0 Å². The number of ether oxygens (including phenoxy) is 1. The second kappa shape index (κ2) is 9.80. The van der Waals surface area contributed by atoms with E-state index in [2.05, 4.69) is 69.3 Å². The average Bonchev–Trinajstić information content (AvgIpc) is 3.32. The van der Waals surface area contributed by atoms with E-state index in [1.165, 1.54) is 17.5 Å². The van der Waals surface area contributed by atoms with E-state index in [4.69, 9.17) is 13.3 Å². The van der Waals surface area contributed by atoms with Crippen molar-refractivity contribution in [1.82, 2.24) is 0 Å². The normalized spacial score (nSPS) is 26.9. The standard InChI is InChI=1S/C27H36O6SSi/c1-27(2,3)35(21-12-8-6-9-13-21,22-14-10-7-11-15-22)33-20-16-19-17-24(32-34(5,29)30)25(23(19)18-20)26(28)31-4/h6-15,19-20,23-25H,16-18H2,1-5H3. The maximum absolute atomic E-state index is 12.7. The van der Waals surface area contributed by atoms with Crippen LogP contribution in [0.3, 0.4) is 0 Å². The first kappa shape index (κ1) is 26.1. The Labute approximate surface area is 210 Å². The molecule has 0 aromatic heterocycles. The van der Waals surface area contributed by atoms with Gasteiger partial charge in [0.1, 0.15) is 0 Å². The molecule has 2 fully saturated rings. The van der Waals surface area contributed by atoms with E-state index in [-0.39, 0.29) is 23.0 Å². The summed E-state index contributed by atoms with van der Waals surface area (Å²) in [6, 6.07) is 21.0. The SMILES string of the molecule is COC(=O)C1C(OS(C)(=O)=O)CC2CC(O[Si](c3ccccc3)(c3ccccc3)C(C)(C)C)CC21. The predicted octanol–water partition coefficient (Wildman–Crippen LogP) is 3.50. The molecule has 0 aliphatic heterocycles. The molecule has 0 heterocycles. The Morgan fingerprint density at radius 1 is 0.914 bits per heavy atom. The second-order valence-corrected chi connectivity index (χ2v) is 16.8. The molecule has 2 aromatic rings. The first-order valence-corrected chi connectivity index (χ1v) is 15.9. The largest absolute Gasteiger partial charge is 0.469 e. The molecule has 0 N–H and O–H groups in total. The summed E-state index contributed by atoms with van der Waals surface area (Å²) in [5.41, 5.74) is 0. The van der Waals surface area contributed by atoms with Crippen LogP contribution in [0.5, 0.6) is 0 Å². The van der Waals surface area contributed by atoms with Gasteiger partial charge in [0.15, 0.2) is 0 Å². The number of rotatable bonds is 7. The monoisotopic (exact) mass is 516 g/mol. The molecular formula is C27H36O6SSi. The van der Waals surface area contributed by atoms with Gasteiger partial charge in [-0.1, -0.05) is 81.4 Å². The quantitative estimate of drug-likeness (QED) is 0.318. The molecule has 6 nitrogen and oxygen atoms in total. The Kier molecular flexibility index (Phi) is 7.30. The molecular weight excluding hydrogens is 480 g/mol. The fourth-order valence-corrected chi connectivity index (χ4v) is 11.7. The number of carbonyl (C=O) groups is 1. The van der Waals surface area contributed by atoms with E-state index in [1.807, 2.05) is 12.1 Å². The highest BCUT2D eigenvalue weighted by atomic mass is 32.2. The van der Waals surface area contributed by atoms with Crippen LogP contribution in [-0.2, 0) is 28.3 Å². The van der Waals surface area contributed by atoms with Crippen molar-refractivity contribution in [1.29, 1.82) is 0 Å². The van der Waals surface area contributed by atoms with Crippen molar-refractivity contribution in [3.05, 3.63) is 60.7 Å². The van der Waals surface area contributed by atoms with Crippen molar-refractivity contribution >= 4 is 34.8 Å². The molecule has 2 aromatic carbocycles. The summed E-state index contributed by atoms with van der Waals surface area (Å²) in [7, 11) is -5.05. The summed E-state index contributed by atoms with van der Waals surface area (Å²) >= 11 is 0.